The molecule has 0 bridgehead atoms. The van der Waals surface area contributed by atoms with Crippen LogP contribution in [0.5, 0.6) is 0 Å². The number of hydrogen-bond donors (Lipinski definition) is 0. The van der Waals surface area contributed by atoms with Gasteiger partial charge in [-0.2, -0.15) is 0 Å². The lowest BCUT2D eigenvalue weighted by Gasteiger charge is -2.39. The summed E-state index contributed by atoms with van der Waals surface area (Å²) in [4.78, 5) is 28.6. The maximum absolute atomic E-state index is 12.7. The number of benzene rings is 1. The summed E-state index contributed by atoms with van der Waals surface area (Å²) in [5.41, 5.74) is 0.977. The molecule has 6 heteroatoms. The lowest BCUT2D eigenvalue weighted by atomic mass is 10.0. The number of imide groups is 1. The van der Waals surface area contributed by atoms with E-state index in [-0.39, 0.29) is 24.3 Å². The number of carbonyl (C=O) groups excluding carboxylic acids is 2. The van der Waals surface area contributed by atoms with Crippen LogP contribution < -0.4 is 0 Å². The van der Waals surface area contributed by atoms with E-state index in [4.69, 9.17) is 9.47 Å². The summed E-state index contributed by atoms with van der Waals surface area (Å²) in [5.74, 6) is -0.609. The van der Waals surface area contributed by atoms with Gasteiger partial charge in [0, 0.05) is 25.9 Å². The summed E-state index contributed by atoms with van der Waals surface area (Å²) in [5, 5.41) is 0. The van der Waals surface area contributed by atoms with Crippen molar-refractivity contribution in [1.29, 1.82) is 0 Å². The zero-order valence-electron chi connectivity index (χ0n) is 13.6. The third-order valence-electron chi connectivity index (χ3n) is 5.22. The van der Waals surface area contributed by atoms with Gasteiger partial charge in [0.25, 0.3) is 0 Å². The van der Waals surface area contributed by atoms with E-state index < -0.39 is 5.79 Å². The Kier molecular flexibility index (Phi) is 4.12. The summed E-state index contributed by atoms with van der Waals surface area (Å²) >= 11 is 0. The van der Waals surface area contributed by atoms with Crippen LogP contribution in [0.25, 0.3) is 0 Å². The van der Waals surface area contributed by atoms with Crippen LogP contribution in [0, 0.1) is 0 Å². The standard InChI is InChI=1S/C18H22N2O4/c21-16-12-15(17(22)20(16)13-14-4-2-1-3-5-14)19-8-6-18(7-9-19)23-10-11-24-18/h1-5,15H,6-13H2/t15-/m1/s1. The molecule has 3 saturated heterocycles. The third kappa shape index (κ3) is 2.85. The molecule has 0 aromatic heterocycles. The highest BCUT2D eigenvalue weighted by Crippen LogP contribution is 2.33. The van der Waals surface area contributed by atoms with E-state index in [0.29, 0.717) is 19.8 Å². The van der Waals surface area contributed by atoms with E-state index in [1.165, 1.54) is 4.90 Å². The molecule has 0 radical (unpaired) electrons. The number of likely N-dealkylation sites (tertiary alicyclic amines) is 2. The van der Waals surface area contributed by atoms with Crippen LogP contribution in [0.15, 0.2) is 30.3 Å². The quantitative estimate of drug-likeness (QED) is 0.778. The Morgan fingerprint density at radius 3 is 2.38 bits per heavy atom. The second-order valence-corrected chi connectivity index (χ2v) is 6.67. The first-order valence-corrected chi connectivity index (χ1v) is 8.57. The predicted octanol–water partition coefficient (Wildman–Crippen LogP) is 1.15. The minimum atomic E-state index is -0.452. The van der Waals surface area contributed by atoms with Gasteiger partial charge in [-0.25, -0.2) is 0 Å². The van der Waals surface area contributed by atoms with Gasteiger partial charge in [-0.05, 0) is 5.56 Å². The van der Waals surface area contributed by atoms with Gasteiger partial charge in [0.05, 0.1) is 32.2 Å². The van der Waals surface area contributed by atoms with Crippen molar-refractivity contribution >= 4 is 11.8 Å². The number of hydrogen-bond acceptors (Lipinski definition) is 5. The van der Waals surface area contributed by atoms with Crippen LogP contribution in [-0.2, 0) is 25.6 Å². The van der Waals surface area contributed by atoms with Crippen molar-refractivity contribution < 1.29 is 19.1 Å². The lowest BCUT2D eigenvalue weighted by Crippen LogP contribution is -2.51. The van der Waals surface area contributed by atoms with E-state index in [1.54, 1.807) is 0 Å². The summed E-state index contributed by atoms with van der Waals surface area (Å²) < 4.78 is 11.5. The SMILES string of the molecule is O=C1C[C@@H](N2CCC3(CC2)OCCO3)C(=O)N1Cc1ccccc1. The summed E-state index contributed by atoms with van der Waals surface area (Å²) in [6.45, 7) is 3.10. The normalized spacial score (nSPS) is 27.3. The number of carbonyl (C=O) groups is 2. The van der Waals surface area contributed by atoms with Gasteiger partial charge in [0.2, 0.25) is 11.8 Å². The first-order valence-electron chi connectivity index (χ1n) is 8.57. The summed E-state index contributed by atoms with van der Waals surface area (Å²) in [6, 6.07) is 9.31. The van der Waals surface area contributed by atoms with Gasteiger partial charge in [-0.1, -0.05) is 30.3 Å². The Hall–Kier alpha value is -1.76. The molecule has 3 fully saturated rings. The smallest absolute Gasteiger partial charge is 0.247 e. The fourth-order valence-electron chi connectivity index (χ4n) is 3.85. The number of piperidine rings is 1. The molecule has 0 aliphatic carbocycles. The fraction of sp³-hybridized carbons (Fsp3) is 0.556. The van der Waals surface area contributed by atoms with Crippen molar-refractivity contribution in [3.63, 3.8) is 0 Å². The summed E-state index contributed by atoms with van der Waals surface area (Å²) in [7, 11) is 0. The molecule has 3 aliphatic rings. The van der Waals surface area contributed by atoms with Crippen LogP contribution in [-0.4, -0.2) is 59.7 Å². The van der Waals surface area contributed by atoms with Gasteiger partial charge in [-0.15, -0.1) is 0 Å². The number of amides is 2. The lowest BCUT2D eigenvalue weighted by molar-refractivity contribution is -0.188. The van der Waals surface area contributed by atoms with Gasteiger partial charge >= 0.3 is 0 Å². The Bertz CT molecular complexity index is 617. The van der Waals surface area contributed by atoms with E-state index in [1.807, 2.05) is 30.3 Å². The molecule has 1 aromatic carbocycles. The molecule has 1 aromatic rings. The fourth-order valence-corrected chi connectivity index (χ4v) is 3.85. The van der Waals surface area contributed by atoms with Crippen molar-refractivity contribution in [3.05, 3.63) is 35.9 Å². The second-order valence-electron chi connectivity index (χ2n) is 6.67. The molecule has 1 atom stereocenters. The number of ether oxygens (including phenoxy) is 2. The average molecular weight is 330 g/mol. The Morgan fingerprint density at radius 2 is 1.71 bits per heavy atom. The Morgan fingerprint density at radius 1 is 1.04 bits per heavy atom. The Labute approximate surface area is 141 Å². The van der Waals surface area contributed by atoms with Crippen molar-refractivity contribution in [2.24, 2.45) is 0 Å². The molecular weight excluding hydrogens is 308 g/mol. The van der Waals surface area contributed by atoms with Gasteiger partial charge < -0.3 is 9.47 Å². The van der Waals surface area contributed by atoms with Crippen LogP contribution >= 0.6 is 0 Å². The summed E-state index contributed by atoms with van der Waals surface area (Å²) in [6.07, 6.45) is 1.79. The first kappa shape index (κ1) is 15.7. The molecule has 24 heavy (non-hydrogen) atoms. The molecule has 3 aliphatic heterocycles. The first-order chi connectivity index (χ1) is 11.7. The highest BCUT2D eigenvalue weighted by Gasteiger charge is 2.46. The van der Waals surface area contributed by atoms with Crippen molar-refractivity contribution in [2.45, 2.75) is 37.6 Å². The molecule has 128 valence electrons. The van der Waals surface area contributed by atoms with E-state index in [0.717, 1.165) is 31.5 Å². The number of rotatable bonds is 3. The molecular formula is C18H22N2O4. The van der Waals surface area contributed by atoms with E-state index in [2.05, 4.69) is 4.90 Å². The zero-order valence-corrected chi connectivity index (χ0v) is 13.6. The number of nitrogens with zero attached hydrogens (tertiary/aromatic N) is 2. The molecule has 2 amide bonds. The van der Waals surface area contributed by atoms with Crippen molar-refractivity contribution in [3.8, 4) is 0 Å². The Balaban J connectivity index is 1.40. The maximum atomic E-state index is 12.7. The van der Waals surface area contributed by atoms with E-state index >= 15 is 0 Å². The molecule has 1 spiro atoms. The second kappa shape index (κ2) is 6.27. The van der Waals surface area contributed by atoms with Crippen molar-refractivity contribution in [2.75, 3.05) is 26.3 Å². The van der Waals surface area contributed by atoms with Crippen LogP contribution in [0.1, 0.15) is 24.8 Å². The van der Waals surface area contributed by atoms with Gasteiger partial charge in [0.1, 0.15) is 0 Å². The third-order valence-corrected chi connectivity index (χ3v) is 5.22. The van der Waals surface area contributed by atoms with E-state index in [9.17, 15) is 9.59 Å². The van der Waals surface area contributed by atoms with Crippen LogP contribution in [0.3, 0.4) is 0 Å². The largest absolute Gasteiger partial charge is 0.347 e. The minimum Gasteiger partial charge on any atom is -0.347 e. The van der Waals surface area contributed by atoms with Gasteiger partial charge in [-0.3, -0.25) is 19.4 Å². The van der Waals surface area contributed by atoms with Gasteiger partial charge in [0.15, 0.2) is 5.79 Å². The van der Waals surface area contributed by atoms with Crippen molar-refractivity contribution in [1.82, 2.24) is 9.80 Å². The van der Waals surface area contributed by atoms with Crippen LogP contribution in [0.4, 0.5) is 0 Å². The molecule has 4 rings (SSSR count). The minimum absolute atomic E-state index is 0.0759. The zero-order chi connectivity index (χ0) is 16.6. The molecule has 3 heterocycles. The molecule has 0 saturated carbocycles. The topological polar surface area (TPSA) is 59.1 Å². The highest BCUT2D eigenvalue weighted by molar-refractivity contribution is 6.05. The monoisotopic (exact) mass is 330 g/mol. The molecule has 6 nitrogen and oxygen atoms in total. The predicted molar refractivity (Wildman–Crippen MR) is 85.8 cm³/mol. The van der Waals surface area contributed by atoms with Crippen LogP contribution in [0.2, 0.25) is 0 Å². The maximum Gasteiger partial charge on any atom is 0.247 e. The average Bonchev–Trinajstić information content (AvgIpc) is 3.17. The molecule has 0 unspecified atom stereocenters. The highest BCUT2D eigenvalue weighted by atomic mass is 16.7. The molecule has 0 N–H and O–H groups in total.